The summed E-state index contributed by atoms with van der Waals surface area (Å²) in [7, 11) is 1.94. The van der Waals surface area contributed by atoms with Gasteiger partial charge < -0.3 is 15.0 Å². The fourth-order valence-electron chi connectivity index (χ4n) is 3.49. The summed E-state index contributed by atoms with van der Waals surface area (Å²) < 4.78 is 5.36. The maximum absolute atomic E-state index is 12.0. The van der Waals surface area contributed by atoms with Crippen molar-refractivity contribution in [3.05, 3.63) is 64.7 Å². The van der Waals surface area contributed by atoms with Crippen LogP contribution in [0.1, 0.15) is 33.5 Å². The number of carbonyl (C=O) groups is 1. The molecule has 2 aromatic carbocycles. The number of esters is 1. The van der Waals surface area contributed by atoms with Crippen LogP contribution in [0.15, 0.2) is 42.5 Å². The van der Waals surface area contributed by atoms with Crippen molar-refractivity contribution in [1.29, 1.82) is 5.26 Å². The van der Waals surface area contributed by atoms with Gasteiger partial charge in [0.1, 0.15) is 6.07 Å². The Hall–Kier alpha value is -2.84. The molecule has 0 spiro atoms. The van der Waals surface area contributed by atoms with Crippen molar-refractivity contribution in [2.24, 2.45) is 0 Å². The first-order valence-corrected chi connectivity index (χ1v) is 9.40. The predicted octanol–water partition coefficient (Wildman–Crippen LogP) is 2.93. The maximum atomic E-state index is 12.0. The van der Waals surface area contributed by atoms with E-state index >= 15 is 0 Å². The molecule has 0 atom stereocenters. The van der Waals surface area contributed by atoms with Gasteiger partial charge in [-0.05, 0) is 62.2 Å². The zero-order valence-electron chi connectivity index (χ0n) is 15.7. The molecule has 140 valence electrons. The minimum absolute atomic E-state index is 0.288. The number of nitrogens with one attached hydrogen (secondary N) is 1. The van der Waals surface area contributed by atoms with Gasteiger partial charge in [-0.3, -0.25) is 0 Å². The number of likely N-dealkylation sites (N-methyl/N-ethyl adjacent to an activating group) is 1. The van der Waals surface area contributed by atoms with E-state index in [2.05, 4.69) is 22.4 Å². The molecule has 27 heavy (non-hydrogen) atoms. The third kappa shape index (κ3) is 4.66. The molecule has 0 amide bonds. The van der Waals surface area contributed by atoms with Gasteiger partial charge in [0, 0.05) is 13.1 Å². The Bertz CT molecular complexity index is 827. The average Bonchev–Trinajstić information content (AvgIpc) is 3.12. The quantitative estimate of drug-likeness (QED) is 0.577. The van der Waals surface area contributed by atoms with Crippen molar-refractivity contribution in [2.75, 3.05) is 38.2 Å². The van der Waals surface area contributed by atoms with Gasteiger partial charge in [0.2, 0.25) is 0 Å². The van der Waals surface area contributed by atoms with E-state index in [1.165, 1.54) is 11.1 Å². The maximum Gasteiger partial charge on any atom is 0.338 e. The molecule has 3 rings (SSSR count). The van der Waals surface area contributed by atoms with Crippen molar-refractivity contribution < 1.29 is 9.53 Å². The molecule has 0 bridgehead atoms. The number of benzene rings is 2. The lowest BCUT2D eigenvalue weighted by Crippen LogP contribution is -2.24. The highest BCUT2D eigenvalue weighted by Gasteiger charge is 2.23. The number of anilines is 1. The Morgan fingerprint density at radius 2 is 2.11 bits per heavy atom. The third-order valence-corrected chi connectivity index (χ3v) is 4.82. The van der Waals surface area contributed by atoms with Crippen LogP contribution in [0.3, 0.4) is 0 Å². The number of fused-ring (bicyclic) bond motifs is 1. The molecule has 5 nitrogen and oxygen atoms in total. The lowest BCUT2D eigenvalue weighted by molar-refractivity contribution is 0.0502. The van der Waals surface area contributed by atoms with Crippen molar-refractivity contribution in [1.82, 2.24) is 5.32 Å². The van der Waals surface area contributed by atoms with Crippen LogP contribution in [0.25, 0.3) is 0 Å². The summed E-state index contributed by atoms with van der Waals surface area (Å²) >= 11 is 0. The topological polar surface area (TPSA) is 65.4 Å². The van der Waals surface area contributed by atoms with E-state index in [-0.39, 0.29) is 5.97 Å². The Balaban J connectivity index is 1.56. The molecule has 1 N–H and O–H groups in total. The molecule has 0 saturated heterocycles. The van der Waals surface area contributed by atoms with Crippen LogP contribution in [0, 0.1) is 11.3 Å². The second-order valence-corrected chi connectivity index (χ2v) is 6.71. The van der Waals surface area contributed by atoms with E-state index in [0.29, 0.717) is 12.2 Å². The van der Waals surface area contributed by atoms with Crippen LogP contribution in [0.5, 0.6) is 0 Å². The van der Waals surface area contributed by atoms with Gasteiger partial charge in [-0.2, -0.15) is 5.26 Å². The monoisotopic (exact) mass is 363 g/mol. The zero-order valence-corrected chi connectivity index (χ0v) is 15.7. The van der Waals surface area contributed by atoms with E-state index < -0.39 is 0 Å². The third-order valence-electron chi connectivity index (χ3n) is 4.82. The molecule has 0 aliphatic carbocycles. The molecular weight excluding hydrogens is 338 g/mol. The smallest absolute Gasteiger partial charge is 0.338 e. The summed E-state index contributed by atoms with van der Waals surface area (Å²) in [6, 6.07) is 15.6. The molecule has 1 heterocycles. The SMILES string of the molecule is CNCCc1cc(C#N)c2c(c1)CCN2CCCOC(=O)c1ccccc1. The van der Waals surface area contributed by atoms with Crippen LogP contribution < -0.4 is 10.2 Å². The summed E-state index contributed by atoms with van der Waals surface area (Å²) in [5, 5.41) is 12.7. The van der Waals surface area contributed by atoms with Crippen LogP contribution in [0.4, 0.5) is 5.69 Å². The minimum Gasteiger partial charge on any atom is -0.462 e. The van der Waals surface area contributed by atoms with Gasteiger partial charge in [0.15, 0.2) is 0 Å². The summed E-state index contributed by atoms with van der Waals surface area (Å²) in [5.41, 5.74) is 4.84. The molecule has 0 radical (unpaired) electrons. The number of hydrogen-bond acceptors (Lipinski definition) is 5. The van der Waals surface area contributed by atoms with Gasteiger partial charge in [0.05, 0.1) is 23.4 Å². The Morgan fingerprint density at radius 1 is 1.30 bits per heavy atom. The van der Waals surface area contributed by atoms with Crippen molar-refractivity contribution >= 4 is 11.7 Å². The number of nitrogens with zero attached hydrogens (tertiary/aromatic N) is 2. The molecule has 0 unspecified atom stereocenters. The highest BCUT2D eigenvalue weighted by molar-refractivity contribution is 5.89. The van der Waals surface area contributed by atoms with Crippen molar-refractivity contribution in [3.8, 4) is 6.07 Å². The molecular formula is C22H25N3O2. The summed E-state index contributed by atoms with van der Waals surface area (Å²) in [4.78, 5) is 14.2. The number of hydrogen-bond donors (Lipinski definition) is 1. The Morgan fingerprint density at radius 3 is 2.85 bits per heavy atom. The molecule has 0 fully saturated rings. The normalized spacial score (nSPS) is 12.5. The first-order valence-electron chi connectivity index (χ1n) is 9.40. The van der Waals surface area contributed by atoms with Crippen molar-refractivity contribution in [3.63, 3.8) is 0 Å². The Labute approximate surface area is 160 Å². The van der Waals surface area contributed by atoms with Gasteiger partial charge in [-0.15, -0.1) is 0 Å². The molecule has 0 aromatic heterocycles. The largest absolute Gasteiger partial charge is 0.462 e. The molecule has 0 saturated carbocycles. The fourth-order valence-corrected chi connectivity index (χ4v) is 3.49. The van der Waals surface area contributed by atoms with E-state index in [1.807, 2.05) is 31.3 Å². The van der Waals surface area contributed by atoms with E-state index in [9.17, 15) is 10.1 Å². The second-order valence-electron chi connectivity index (χ2n) is 6.71. The summed E-state index contributed by atoms with van der Waals surface area (Å²) in [6.45, 7) is 2.97. The number of nitriles is 1. The molecule has 5 heteroatoms. The zero-order chi connectivity index (χ0) is 19.1. The summed E-state index contributed by atoms with van der Waals surface area (Å²) in [6.07, 6.45) is 2.62. The fraction of sp³-hybridized carbons (Fsp3) is 0.364. The minimum atomic E-state index is -0.288. The van der Waals surface area contributed by atoms with Crippen molar-refractivity contribution in [2.45, 2.75) is 19.3 Å². The standard InChI is InChI=1S/C22H25N3O2/c1-24-10-8-17-14-19-9-12-25(21(19)20(15-17)16-23)11-5-13-27-22(26)18-6-3-2-4-7-18/h2-4,6-7,14-15,24H,5,8-13H2,1H3. The van der Waals surface area contributed by atoms with Crippen LogP contribution in [-0.4, -0.2) is 39.3 Å². The first kappa shape index (κ1) is 18.9. The number of ether oxygens (including phenoxy) is 1. The van der Waals surface area contributed by atoms with Crippen LogP contribution in [0.2, 0.25) is 0 Å². The highest BCUT2D eigenvalue weighted by Crippen LogP contribution is 2.33. The number of carbonyl (C=O) groups excluding carboxylic acids is 1. The van der Waals surface area contributed by atoms with E-state index in [4.69, 9.17) is 4.74 Å². The highest BCUT2D eigenvalue weighted by atomic mass is 16.5. The molecule has 1 aliphatic rings. The second kappa shape index (κ2) is 9.20. The number of rotatable bonds is 8. The lowest BCUT2D eigenvalue weighted by atomic mass is 10.0. The van der Waals surface area contributed by atoms with E-state index in [1.54, 1.807) is 12.1 Å². The van der Waals surface area contributed by atoms with Crippen LogP contribution >= 0.6 is 0 Å². The predicted molar refractivity (Wildman–Crippen MR) is 106 cm³/mol. The van der Waals surface area contributed by atoms with Crippen LogP contribution in [-0.2, 0) is 17.6 Å². The lowest BCUT2D eigenvalue weighted by Gasteiger charge is -2.21. The Kier molecular flexibility index (Phi) is 6.45. The van der Waals surface area contributed by atoms with Gasteiger partial charge in [-0.1, -0.05) is 24.3 Å². The molecule has 1 aliphatic heterocycles. The van der Waals surface area contributed by atoms with Gasteiger partial charge >= 0.3 is 5.97 Å². The van der Waals surface area contributed by atoms with Gasteiger partial charge in [-0.25, -0.2) is 4.79 Å². The van der Waals surface area contributed by atoms with Gasteiger partial charge in [0.25, 0.3) is 0 Å². The van der Waals surface area contributed by atoms with E-state index in [0.717, 1.165) is 50.1 Å². The molecule has 2 aromatic rings. The first-order chi connectivity index (χ1) is 13.2. The summed E-state index contributed by atoms with van der Waals surface area (Å²) in [5.74, 6) is -0.288. The average molecular weight is 363 g/mol.